The first kappa shape index (κ1) is 19.9. The van der Waals surface area contributed by atoms with Gasteiger partial charge in [0, 0.05) is 18.8 Å². The fourth-order valence-corrected chi connectivity index (χ4v) is 2.79. The van der Waals surface area contributed by atoms with E-state index in [2.05, 4.69) is 5.32 Å². The Morgan fingerprint density at radius 2 is 2.00 bits per heavy atom. The Bertz CT molecular complexity index is 913. The van der Waals surface area contributed by atoms with Gasteiger partial charge in [-0.1, -0.05) is 25.1 Å². The van der Waals surface area contributed by atoms with E-state index in [4.69, 9.17) is 4.42 Å². The van der Waals surface area contributed by atoms with Crippen LogP contribution in [0.25, 0.3) is 6.08 Å². The number of benzene rings is 1. The highest BCUT2D eigenvalue weighted by molar-refractivity contribution is 7.88. The topological polar surface area (TPSA) is 79.6 Å². The first-order chi connectivity index (χ1) is 12.2. The van der Waals surface area contributed by atoms with Gasteiger partial charge in [-0.15, -0.1) is 0 Å². The smallest absolute Gasteiger partial charge is 0.248 e. The van der Waals surface area contributed by atoms with E-state index < -0.39 is 10.0 Å². The van der Waals surface area contributed by atoms with Crippen molar-refractivity contribution in [1.29, 1.82) is 0 Å². The van der Waals surface area contributed by atoms with Crippen molar-refractivity contribution in [2.24, 2.45) is 0 Å². The lowest BCUT2D eigenvalue weighted by Crippen LogP contribution is -2.24. The maximum atomic E-state index is 12.2. The molecule has 1 aromatic heterocycles. The summed E-state index contributed by atoms with van der Waals surface area (Å²) >= 11 is 0. The monoisotopic (exact) mass is 376 g/mol. The number of anilines is 1. The minimum Gasteiger partial charge on any atom is -0.460 e. The van der Waals surface area contributed by atoms with Crippen molar-refractivity contribution in [3.63, 3.8) is 0 Å². The molecule has 1 amide bonds. The van der Waals surface area contributed by atoms with Crippen LogP contribution in [0.2, 0.25) is 0 Å². The van der Waals surface area contributed by atoms with E-state index >= 15 is 0 Å². The summed E-state index contributed by atoms with van der Waals surface area (Å²) in [5, 5.41) is 2.90. The van der Waals surface area contributed by atoms with Crippen LogP contribution in [-0.2, 0) is 27.8 Å². The normalized spacial score (nSPS) is 12.0. The summed E-state index contributed by atoms with van der Waals surface area (Å²) in [6.07, 6.45) is 4.92. The number of nitrogens with zero attached hydrogens (tertiary/aromatic N) is 1. The first-order valence-electron chi connectivity index (χ1n) is 8.28. The maximum absolute atomic E-state index is 12.2. The van der Waals surface area contributed by atoms with E-state index in [1.165, 1.54) is 17.4 Å². The minimum atomic E-state index is -3.27. The summed E-state index contributed by atoms with van der Waals surface area (Å²) in [6, 6.07) is 9.30. The lowest BCUT2D eigenvalue weighted by molar-refractivity contribution is -0.111. The number of carbonyl (C=O) groups is 1. The van der Waals surface area contributed by atoms with Gasteiger partial charge < -0.3 is 9.73 Å². The molecule has 0 saturated heterocycles. The zero-order valence-electron chi connectivity index (χ0n) is 15.4. The highest BCUT2D eigenvalue weighted by Crippen LogP contribution is 2.21. The van der Waals surface area contributed by atoms with E-state index in [-0.39, 0.29) is 12.5 Å². The van der Waals surface area contributed by atoms with Crippen LogP contribution in [-0.4, -0.2) is 31.9 Å². The highest BCUT2D eigenvalue weighted by Gasteiger charge is 2.13. The van der Waals surface area contributed by atoms with Crippen molar-refractivity contribution in [2.75, 3.05) is 18.6 Å². The number of furan rings is 1. The van der Waals surface area contributed by atoms with Gasteiger partial charge in [0.2, 0.25) is 15.9 Å². The number of hydrogen-bond donors (Lipinski definition) is 1. The number of rotatable bonds is 7. The fraction of sp³-hybridized carbons (Fsp3) is 0.316. The van der Waals surface area contributed by atoms with Crippen molar-refractivity contribution in [3.8, 4) is 0 Å². The number of para-hydroxylation sites is 1. The predicted molar refractivity (Wildman–Crippen MR) is 103 cm³/mol. The van der Waals surface area contributed by atoms with Gasteiger partial charge in [0.25, 0.3) is 0 Å². The molecule has 0 spiro atoms. The molecule has 0 radical (unpaired) electrons. The lowest BCUT2D eigenvalue weighted by Gasteiger charge is -2.11. The molecule has 0 bridgehead atoms. The van der Waals surface area contributed by atoms with Crippen LogP contribution in [0.4, 0.5) is 5.69 Å². The third-order valence-corrected chi connectivity index (χ3v) is 5.28. The molecule has 1 aromatic carbocycles. The Kier molecular flexibility index (Phi) is 6.39. The van der Waals surface area contributed by atoms with Crippen LogP contribution in [0.5, 0.6) is 0 Å². The van der Waals surface area contributed by atoms with Crippen LogP contribution >= 0.6 is 0 Å². The number of carbonyl (C=O) groups excluding carboxylic acids is 1. The molecular weight excluding hydrogens is 352 g/mol. The summed E-state index contributed by atoms with van der Waals surface area (Å²) in [5.41, 5.74) is 2.92. The van der Waals surface area contributed by atoms with Crippen molar-refractivity contribution >= 4 is 27.7 Å². The Labute approximate surface area is 154 Å². The molecule has 1 heterocycles. The second-order valence-electron chi connectivity index (χ2n) is 6.11. The van der Waals surface area contributed by atoms with Gasteiger partial charge in [-0.05, 0) is 42.7 Å². The Balaban J connectivity index is 2.03. The molecule has 1 N–H and O–H groups in total. The largest absolute Gasteiger partial charge is 0.460 e. The predicted octanol–water partition coefficient (Wildman–Crippen LogP) is 3.19. The Morgan fingerprint density at radius 1 is 1.27 bits per heavy atom. The lowest BCUT2D eigenvalue weighted by atomic mass is 10.1. The van der Waals surface area contributed by atoms with Gasteiger partial charge in [-0.3, -0.25) is 4.79 Å². The molecule has 0 aliphatic heterocycles. The zero-order chi connectivity index (χ0) is 19.3. The van der Waals surface area contributed by atoms with Crippen LogP contribution in [0.3, 0.4) is 0 Å². The van der Waals surface area contributed by atoms with Gasteiger partial charge in [0.1, 0.15) is 11.5 Å². The molecule has 0 fully saturated rings. The van der Waals surface area contributed by atoms with E-state index in [1.54, 1.807) is 18.2 Å². The molecule has 0 aliphatic carbocycles. The average Bonchev–Trinajstić information content (AvgIpc) is 3.01. The number of sulfonamides is 1. The molecular formula is C19H24N2O4S. The first-order valence-corrected chi connectivity index (χ1v) is 10.1. The van der Waals surface area contributed by atoms with E-state index in [0.29, 0.717) is 11.5 Å². The fourth-order valence-electron chi connectivity index (χ4n) is 2.43. The number of nitrogens with one attached hydrogen (secondary N) is 1. The molecule has 0 atom stereocenters. The molecule has 2 aromatic rings. The van der Waals surface area contributed by atoms with Crippen LogP contribution < -0.4 is 5.32 Å². The number of amides is 1. The summed E-state index contributed by atoms with van der Waals surface area (Å²) in [7, 11) is -1.79. The molecule has 0 saturated carbocycles. The van der Waals surface area contributed by atoms with E-state index in [9.17, 15) is 13.2 Å². The van der Waals surface area contributed by atoms with Crippen molar-refractivity contribution in [2.45, 2.75) is 26.8 Å². The van der Waals surface area contributed by atoms with E-state index in [1.807, 2.05) is 32.0 Å². The maximum Gasteiger partial charge on any atom is 0.248 e. The molecule has 7 heteroatoms. The van der Waals surface area contributed by atoms with Crippen LogP contribution in [0.15, 0.2) is 40.8 Å². The highest BCUT2D eigenvalue weighted by atomic mass is 32.2. The summed E-state index contributed by atoms with van der Waals surface area (Å²) in [6.45, 7) is 4.13. The minimum absolute atomic E-state index is 0.141. The van der Waals surface area contributed by atoms with Gasteiger partial charge in [0.15, 0.2) is 0 Å². The SMILES string of the molecule is CCc1cccc(C)c1NC(=O)/C=C/c1ccc(CN(C)S(C)(=O)=O)o1. The molecule has 0 unspecified atom stereocenters. The molecule has 140 valence electrons. The average molecular weight is 376 g/mol. The quantitative estimate of drug-likeness (QED) is 0.753. The van der Waals surface area contributed by atoms with E-state index in [0.717, 1.165) is 29.5 Å². The second kappa shape index (κ2) is 8.33. The second-order valence-corrected chi connectivity index (χ2v) is 8.20. The number of hydrogen-bond acceptors (Lipinski definition) is 4. The third kappa shape index (κ3) is 5.31. The van der Waals surface area contributed by atoms with Crippen molar-refractivity contribution in [1.82, 2.24) is 4.31 Å². The van der Waals surface area contributed by atoms with Gasteiger partial charge in [0.05, 0.1) is 12.8 Å². The molecule has 0 aliphatic rings. The van der Waals surface area contributed by atoms with Gasteiger partial charge >= 0.3 is 0 Å². The van der Waals surface area contributed by atoms with Crippen LogP contribution in [0, 0.1) is 6.92 Å². The summed E-state index contributed by atoms with van der Waals surface area (Å²) < 4.78 is 29.6. The van der Waals surface area contributed by atoms with Gasteiger partial charge in [-0.2, -0.15) is 4.31 Å². The number of aryl methyl sites for hydroxylation is 2. The molecule has 6 nitrogen and oxygen atoms in total. The molecule has 26 heavy (non-hydrogen) atoms. The van der Waals surface area contributed by atoms with Crippen LogP contribution in [0.1, 0.15) is 29.6 Å². The zero-order valence-corrected chi connectivity index (χ0v) is 16.3. The molecule has 2 rings (SSSR count). The Hall–Kier alpha value is -2.38. The third-order valence-electron chi connectivity index (χ3n) is 4.01. The Morgan fingerprint density at radius 3 is 2.65 bits per heavy atom. The summed E-state index contributed by atoms with van der Waals surface area (Å²) in [4.78, 5) is 12.2. The van der Waals surface area contributed by atoms with Crippen molar-refractivity contribution < 1.29 is 17.6 Å². The van der Waals surface area contributed by atoms with Crippen molar-refractivity contribution in [3.05, 3.63) is 59.1 Å². The standard InChI is InChI=1S/C19H24N2O4S/c1-5-15-8-6-7-14(2)19(15)20-18(22)12-11-16-9-10-17(25-16)13-21(3)26(4,23)24/h6-12H,5,13H2,1-4H3,(H,20,22)/b12-11+. The summed E-state index contributed by atoms with van der Waals surface area (Å²) in [5.74, 6) is 0.739. The van der Waals surface area contributed by atoms with Gasteiger partial charge in [-0.25, -0.2) is 8.42 Å².